The van der Waals surface area contributed by atoms with Crippen molar-refractivity contribution < 1.29 is 26.3 Å². The quantitative estimate of drug-likeness (QED) is 0.0900. The molecule has 0 aliphatic carbocycles. The Morgan fingerprint density at radius 1 is 0.192 bits per heavy atom. The van der Waals surface area contributed by atoms with Crippen molar-refractivity contribution >= 4 is 112 Å². The summed E-state index contributed by atoms with van der Waals surface area (Å²) in [5.41, 5.74) is 14.2. The topological polar surface area (TPSA) is 22.8 Å². The van der Waals surface area contributed by atoms with Gasteiger partial charge in [-0.1, -0.05) is 170 Å². The number of para-hydroxylation sites is 8. The second kappa shape index (κ2) is 26.6. The molecule has 2 aromatic heterocycles. The van der Waals surface area contributed by atoms with E-state index in [2.05, 4.69) is 141 Å². The van der Waals surface area contributed by atoms with Crippen LogP contribution in [0.2, 0.25) is 0 Å². The Morgan fingerprint density at radius 2 is 0.394 bits per heavy atom. The second-order valence-corrected chi connectivity index (χ2v) is 25.5. The lowest BCUT2D eigenvalue weighted by Gasteiger charge is -2.26. The summed E-state index contributed by atoms with van der Waals surface area (Å²) in [7, 11) is 0. The van der Waals surface area contributed by atoms with Crippen molar-refractivity contribution in [2.45, 2.75) is 12.4 Å². The van der Waals surface area contributed by atoms with Crippen LogP contribution in [0.5, 0.6) is 0 Å². The first-order valence-electron chi connectivity index (χ1n) is 34.2. The molecule has 0 N–H and O–H groups in total. The summed E-state index contributed by atoms with van der Waals surface area (Å²) >= 11 is 0. The highest BCUT2D eigenvalue weighted by atomic mass is 19.4. The van der Waals surface area contributed by atoms with Gasteiger partial charge in [-0.3, -0.25) is 0 Å². The molecule has 17 rings (SSSR count). The van der Waals surface area contributed by atoms with Crippen LogP contribution in [0.1, 0.15) is 11.1 Å². The summed E-state index contributed by atoms with van der Waals surface area (Å²) in [5.74, 6) is 0. The van der Waals surface area contributed by atoms with Gasteiger partial charge in [0.25, 0.3) is 0 Å². The molecule has 0 spiro atoms. The third-order valence-corrected chi connectivity index (χ3v) is 19.2. The van der Waals surface area contributed by atoms with Crippen LogP contribution < -0.4 is 19.6 Å². The lowest BCUT2D eigenvalue weighted by Crippen LogP contribution is -2.09. The normalized spacial score (nSPS) is 11.8. The number of benzene rings is 15. The van der Waals surface area contributed by atoms with Gasteiger partial charge in [-0.15, -0.1) is 0 Å². The Morgan fingerprint density at radius 3 is 0.587 bits per heavy atom. The fraction of sp³-hybridized carbons (Fsp3) is 0.0217. The highest BCUT2D eigenvalue weighted by Crippen LogP contribution is 2.49. The Labute approximate surface area is 596 Å². The van der Waals surface area contributed by atoms with Gasteiger partial charge in [0.2, 0.25) is 0 Å². The lowest BCUT2D eigenvalue weighted by atomic mass is 9.95. The van der Waals surface area contributed by atoms with Crippen molar-refractivity contribution in [3.8, 4) is 33.6 Å². The van der Waals surface area contributed by atoms with E-state index in [1.807, 2.05) is 203 Å². The fourth-order valence-corrected chi connectivity index (χ4v) is 14.6. The Kier molecular flexibility index (Phi) is 16.4. The van der Waals surface area contributed by atoms with Crippen LogP contribution in [0.4, 0.5) is 94.6 Å². The third kappa shape index (κ3) is 12.0. The van der Waals surface area contributed by atoms with Gasteiger partial charge in [0, 0.05) is 101 Å². The van der Waals surface area contributed by atoms with E-state index >= 15 is 26.3 Å². The first-order valence-corrected chi connectivity index (χ1v) is 34.2. The molecule has 0 radical (unpaired) electrons. The van der Waals surface area contributed by atoms with E-state index in [0.29, 0.717) is 22.5 Å². The maximum atomic E-state index is 15.4. The Balaban J connectivity index is 0.857. The van der Waals surface area contributed by atoms with E-state index in [1.54, 1.807) is 24.3 Å². The fourth-order valence-electron chi connectivity index (χ4n) is 14.6. The van der Waals surface area contributed by atoms with Crippen LogP contribution in [0.25, 0.3) is 77.2 Å². The number of halogens is 6. The molecular formula is C92H62F6N6. The summed E-state index contributed by atoms with van der Waals surface area (Å²) in [6, 6.07) is 120. The first-order chi connectivity index (χ1) is 50.9. The average molecular weight is 1370 g/mol. The summed E-state index contributed by atoms with van der Waals surface area (Å²) in [6.07, 6.45) is -9.48. The minimum absolute atomic E-state index is 0.252. The molecule has 2 heterocycles. The highest BCUT2D eigenvalue weighted by molar-refractivity contribution is 6.14. The molecule has 0 aliphatic heterocycles. The molecule has 0 amide bonds. The van der Waals surface area contributed by atoms with E-state index < -0.39 is 23.5 Å². The maximum absolute atomic E-state index is 15.4. The molecule has 0 saturated carbocycles. The van der Waals surface area contributed by atoms with Gasteiger partial charge in [0.15, 0.2) is 0 Å². The van der Waals surface area contributed by atoms with Crippen LogP contribution in [0.3, 0.4) is 0 Å². The summed E-state index contributed by atoms with van der Waals surface area (Å²) < 4.78 is 96.5. The van der Waals surface area contributed by atoms with Crippen LogP contribution >= 0.6 is 0 Å². The summed E-state index contributed by atoms with van der Waals surface area (Å²) in [6.45, 7) is 0. The van der Waals surface area contributed by atoms with E-state index in [1.165, 1.54) is 24.3 Å². The standard InChI is InChI=1S/C92H62F6N6/c93-91(94,95)65-45-51-85(103-87-53-47-75(99(67-25-9-1-10-26-67)68-27-11-2-12-28-68)59-81(87)82-60-76(48-54-88(82)103)100(69-29-13-3-14-30-69)70-31-15-4-16-32-70)79(57-65)63-41-43-64(44-42-63)80-58-66(92(96,97)98)46-52-86(80)104-89-55-49-77(101(71-33-17-5-18-34-71)72-35-19-6-20-36-72)61-83(89)84-62-78(50-56-90(84)104)102(73-37-21-7-22-38-73)74-39-23-8-24-40-74/h1-62H. The molecule has 502 valence electrons. The molecule has 104 heavy (non-hydrogen) atoms. The summed E-state index contributed by atoms with van der Waals surface area (Å²) in [4.78, 5) is 8.72. The van der Waals surface area contributed by atoms with Crippen LogP contribution in [0, 0.1) is 0 Å². The van der Waals surface area contributed by atoms with Crippen LogP contribution in [-0.4, -0.2) is 9.13 Å². The zero-order chi connectivity index (χ0) is 70.5. The number of hydrogen-bond donors (Lipinski definition) is 0. The van der Waals surface area contributed by atoms with E-state index in [0.717, 1.165) is 124 Å². The van der Waals surface area contributed by atoms with Crippen molar-refractivity contribution in [2.75, 3.05) is 19.6 Å². The molecule has 0 atom stereocenters. The van der Waals surface area contributed by atoms with Crippen LogP contribution in [-0.2, 0) is 12.4 Å². The van der Waals surface area contributed by atoms with Crippen molar-refractivity contribution in [2.24, 2.45) is 0 Å². The molecular weight excluding hydrogens is 1300 g/mol. The molecule has 0 aliphatic rings. The number of nitrogens with zero attached hydrogens (tertiary/aromatic N) is 6. The molecule has 12 heteroatoms. The molecule has 15 aromatic carbocycles. The lowest BCUT2D eigenvalue weighted by molar-refractivity contribution is -0.138. The van der Waals surface area contributed by atoms with Crippen LogP contribution in [0.15, 0.2) is 376 Å². The van der Waals surface area contributed by atoms with Gasteiger partial charge in [0.1, 0.15) is 0 Å². The highest BCUT2D eigenvalue weighted by Gasteiger charge is 2.34. The van der Waals surface area contributed by atoms with E-state index in [9.17, 15) is 0 Å². The predicted molar refractivity (Wildman–Crippen MR) is 415 cm³/mol. The zero-order valence-corrected chi connectivity index (χ0v) is 55.7. The van der Waals surface area contributed by atoms with Crippen molar-refractivity contribution in [1.29, 1.82) is 0 Å². The number of aromatic nitrogens is 2. The first kappa shape index (κ1) is 64.1. The minimum atomic E-state index is -4.74. The largest absolute Gasteiger partial charge is 0.416 e. The number of hydrogen-bond acceptors (Lipinski definition) is 4. The molecule has 17 aromatic rings. The molecule has 0 saturated heterocycles. The minimum Gasteiger partial charge on any atom is -0.310 e. The number of rotatable bonds is 16. The predicted octanol–water partition coefficient (Wildman–Crippen LogP) is 27.1. The van der Waals surface area contributed by atoms with Gasteiger partial charge in [-0.2, -0.15) is 26.3 Å². The maximum Gasteiger partial charge on any atom is 0.416 e. The SMILES string of the molecule is FC(F)(F)c1ccc(-n2c3ccc(N(c4ccccc4)c4ccccc4)cc3c3cc(N(c4ccccc4)c4ccccc4)ccc32)c(-c2ccc(-c3cc(C(F)(F)F)ccc3-n3c4ccc(N(c5ccccc5)c5ccccc5)cc4c4cc(N(c5ccccc5)c5ccccc5)ccc43)cc2)c1. The number of alkyl halides is 6. The molecule has 0 bridgehead atoms. The van der Waals surface area contributed by atoms with Gasteiger partial charge >= 0.3 is 12.4 Å². The smallest absolute Gasteiger partial charge is 0.310 e. The third-order valence-electron chi connectivity index (χ3n) is 19.2. The van der Waals surface area contributed by atoms with Crippen molar-refractivity contribution in [3.05, 3.63) is 387 Å². The zero-order valence-electron chi connectivity index (χ0n) is 55.7. The van der Waals surface area contributed by atoms with Gasteiger partial charge < -0.3 is 28.7 Å². The molecule has 0 fully saturated rings. The van der Waals surface area contributed by atoms with Crippen molar-refractivity contribution in [3.63, 3.8) is 0 Å². The summed E-state index contributed by atoms with van der Waals surface area (Å²) in [5, 5.41) is 3.34. The average Bonchev–Trinajstić information content (AvgIpc) is 1.57. The Bertz CT molecular complexity index is 5130. The van der Waals surface area contributed by atoms with Gasteiger partial charge in [0.05, 0.1) is 44.6 Å². The van der Waals surface area contributed by atoms with Gasteiger partial charge in [-0.05, 0) is 217 Å². The van der Waals surface area contributed by atoms with E-state index in [-0.39, 0.29) is 11.1 Å². The second-order valence-electron chi connectivity index (χ2n) is 25.5. The van der Waals surface area contributed by atoms with Gasteiger partial charge in [-0.25, -0.2) is 0 Å². The molecule has 0 unspecified atom stereocenters. The van der Waals surface area contributed by atoms with E-state index in [4.69, 9.17) is 0 Å². The number of fused-ring (bicyclic) bond motifs is 6. The Hall–Kier alpha value is -13.3. The monoisotopic (exact) mass is 1360 g/mol. The van der Waals surface area contributed by atoms with Crippen molar-refractivity contribution in [1.82, 2.24) is 9.13 Å². The molecule has 6 nitrogen and oxygen atoms in total. The number of anilines is 12.